The van der Waals surface area contributed by atoms with E-state index in [1.807, 2.05) is 24.3 Å². The first-order chi connectivity index (χ1) is 12.3. The number of benzene rings is 2. The van der Waals surface area contributed by atoms with Crippen LogP contribution in [0.3, 0.4) is 0 Å². The number of hydrogen-bond acceptors (Lipinski definition) is 1. The molecule has 136 valence electrons. The fraction of sp³-hybridized carbons (Fsp3) is 0.278. The summed E-state index contributed by atoms with van der Waals surface area (Å²) in [5, 5.41) is 2.84. The van der Waals surface area contributed by atoms with Gasteiger partial charge in [0.2, 0.25) is 0 Å². The molecule has 4 nitrogen and oxygen atoms in total. The van der Waals surface area contributed by atoms with Gasteiger partial charge >= 0.3 is 12.2 Å². The number of alkyl halides is 3. The molecule has 1 amide bonds. The van der Waals surface area contributed by atoms with Crippen molar-refractivity contribution in [3.63, 3.8) is 0 Å². The number of nitrogens with one attached hydrogen (secondary N) is 1. The van der Waals surface area contributed by atoms with Gasteiger partial charge in [0.05, 0.1) is 22.1 Å². The van der Waals surface area contributed by atoms with Crippen molar-refractivity contribution < 1.29 is 18.0 Å². The lowest BCUT2D eigenvalue weighted by Crippen LogP contribution is -2.38. The van der Waals surface area contributed by atoms with Crippen LogP contribution < -0.4 is 5.32 Å². The minimum absolute atomic E-state index is 0.102. The van der Waals surface area contributed by atoms with Crippen molar-refractivity contribution in [2.45, 2.75) is 25.1 Å². The fourth-order valence-electron chi connectivity index (χ4n) is 3.57. The number of hydrogen-bond donors (Lipinski definition) is 1. The number of aromatic nitrogens is 2. The van der Waals surface area contributed by atoms with Gasteiger partial charge in [-0.15, -0.1) is 0 Å². The van der Waals surface area contributed by atoms with E-state index in [0.717, 1.165) is 30.5 Å². The molecule has 1 heterocycles. The quantitative estimate of drug-likeness (QED) is 0.640. The molecule has 1 aromatic heterocycles. The third-order valence-electron chi connectivity index (χ3n) is 4.85. The summed E-state index contributed by atoms with van der Waals surface area (Å²) in [7, 11) is 1.53. The van der Waals surface area contributed by atoms with Crippen molar-refractivity contribution in [1.29, 1.82) is 0 Å². The minimum atomic E-state index is -4.49. The van der Waals surface area contributed by atoms with Gasteiger partial charge in [0.25, 0.3) is 0 Å². The molecule has 0 aliphatic heterocycles. The Morgan fingerprint density at radius 3 is 2.73 bits per heavy atom. The standard InChI is InChI=1S/C18H15ClF3N3O/c1-24-15-9-11(18(20,21)22)8-13(19)16(15)25(24)17(26)23-14-7-6-10-4-2-3-5-12(10)14/h2-5,8-9,14H,6-7H2,1H3,(H,23,26)/t14-/m1/s1. The molecule has 26 heavy (non-hydrogen) atoms. The summed E-state index contributed by atoms with van der Waals surface area (Å²) in [4.78, 5) is 12.7. The number of fused-ring (bicyclic) bond motifs is 2. The van der Waals surface area contributed by atoms with E-state index in [2.05, 4.69) is 5.32 Å². The van der Waals surface area contributed by atoms with Crippen LogP contribution in [0.25, 0.3) is 11.0 Å². The monoisotopic (exact) mass is 381 g/mol. The first kappa shape index (κ1) is 17.0. The average Bonchev–Trinajstić information content (AvgIpc) is 2.97. The average molecular weight is 382 g/mol. The van der Waals surface area contributed by atoms with E-state index >= 15 is 0 Å². The zero-order valence-electron chi connectivity index (χ0n) is 13.8. The SMILES string of the molecule is Cn1c2cc(C(F)(F)F)cc(Cl)c2n1C(=O)N[C@@H]1CCc2ccccc21. The predicted molar refractivity (Wildman–Crippen MR) is 92.4 cm³/mol. The molecule has 2 aromatic carbocycles. The van der Waals surface area contributed by atoms with E-state index in [9.17, 15) is 18.0 Å². The van der Waals surface area contributed by atoms with Crippen LogP contribution in [0, 0.1) is 0 Å². The van der Waals surface area contributed by atoms with Crippen molar-refractivity contribution in [2.24, 2.45) is 7.05 Å². The minimum Gasteiger partial charge on any atom is -0.329 e. The molecule has 4 rings (SSSR count). The molecule has 0 unspecified atom stereocenters. The molecule has 0 spiro atoms. The Morgan fingerprint density at radius 1 is 1.27 bits per heavy atom. The lowest BCUT2D eigenvalue weighted by Gasteiger charge is -2.26. The van der Waals surface area contributed by atoms with E-state index in [4.69, 9.17) is 11.6 Å². The predicted octanol–water partition coefficient (Wildman–Crippen LogP) is 4.90. The molecule has 1 N–H and O–H groups in total. The summed E-state index contributed by atoms with van der Waals surface area (Å²) in [5.74, 6) is 0. The Morgan fingerprint density at radius 2 is 2.00 bits per heavy atom. The molecule has 0 saturated carbocycles. The molecule has 0 saturated heterocycles. The summed E-state index contributed by atoms with van der Waals surface area (Å²) in [6.07, 6.45) is -2.82. The van der Waals surface area contributed by atoms with E-state index in [1.165, 1.54) is 22.0 Å². The Hall–Kier alpha value is -2.41. The van der Waals surface area contributed by atoms with Crippen molar-refractivity contribution in [3.8, 4) is 0 Å². The second-order valence-electron chi connectivity index (χ2n) is 6.40. The number of amides is 1. The van der Waals surface area contributed by atoms with E-state index in [0.29, 0.717) is 0 Å². The summed E-state index contributed by atoms with van der Waals surface area (Å²) >= 11 is 6.03. The van der Waals surface area contributed by atoms with Gasteiger partial charge in [-0.25, -0.2) is 4.79 Å². The normalized spacial score (nSPS) is 16.9. The molecule has 0 bridgehead atoms. The van der Waals surface area contributed by atoms with E-state index in [1.54, 1.807) is 0 Å². The van der Waals surface area contributed by atoms with Crippen LogP contribution in [0.2, 0.25) is 5.02 Å². The highest BCUT2D eigenvalue weighted by Gasteiger charge is 2.34. The number of carbonyl (C=O) groups excluding carboxylic acids is 1. The maximum absolute atomic E-state index is 12.9. The Labute approximate surface area is 152 Å². The van der Waals surface area contributed by atoms with Crippen LogP contribution in [0.4, 0.5) is 18.0 Å². The van der Waals surface area contributed by atoms with Gasteiger partial charge in [-0.2, -0.15) is 17.9 Å². The highest BCUT2D eigenvalue weighted by molar-refractivity contribution is 6.35. The third kappa shape index (κ3) is 2.58. The molecule has 1 aliphatic carbocycles. The van der Waals surface area contributed by atoms with Crippen LogP contribution in [0.15, 0.2) is 36.4 Å². The van der Waals surface area contributed by atoms with Crippen LogP contribution in [-0.4, -0.2) is 15.4 Å². The molecule has 1 atom stereocenters. The van der Waals surface area contributed by atoms with Gasteiger partial charge in [-0.1, -0.05) is 35.9 Å². The van der Waals surface area contributed by atoms with Gasteiger partial charge < -0.3 is 5.32 Å². The van der Waals surface area contributed by atoms with Gasteiger partial charge in [0.15, 0.2) is 0 Å². The molecule has 3 aromatic rings. The fourth-order valence-corrected chi connectivity index (χ4v) is 3.87. The number of carbonyl (C=O) groups is 1. The number of halogens is 4. The second kappa shape index (κ2) is 5.81. The summed E-state index contributed by atoms with van der Waals surface area (Å²) < 4.78 is 41.4. The first-order valence-corrected chi connectivity index (χ1v) is 8.48. The molecule has 1 aliphatic rings. The highest BCUT2D eigenvalue weighted by Crippen LogP contribution is 2.37. The third-order valence-corrected chi connectivity index (χ3v) is 5.14. The zero-order valence-corrected chi connectivity index (χ0v) is 14.5. The van der Waals surface area contributed by atoms with Crippen molar-refractivity contribution in [3.05, 3.63) is 58.1 Å². The Bertz CT molecular complexity index is 1020. The van der Waals surface area contributed by atoms with Crippen molar-refractivity contribution in [2.75, 3.05) is 0 Å². The Balaban J connectivity index is 1.66. The molecule has 8 heteroatoms. The van der Waals surface area contributed by atoms with Crippen LogP contribution in [-0.2, 0) is 19.6 Å². The van der Waals surface area contributed by atoms with Gasteiger partial charge in [-0.05, 0) is 36.1 Å². The molecule has 0 fully saturated rings. The first-order valence-electron chi connectivity index (χ1n) is 8.10. The van der Waals surface area contributed by atoms with Crippen LogP contribution >= 0.6 is 11.6 Å². The lowest BCUT2D eigenvalue weighted by atomic mass is 10.1. The summed E-state index contributed by atoms with van der Waals surface area (Å²) in [6.45, 7) is 0. The van der Waals surface area contributed by atoms with E-state index < -0.39 is 17.8 Å². The number of rotatable bonds is 1. The molecule has 0 radical (unpaired) electrons. The summed E-state index contributed by atoms with van der Waals surface area (Å²) in [6, 6.07) is 9.19. The molecular formula is C18H15ClF3N3O. The maximum Gasteiger partial charge on any atom is 0.416 e. The smallest absolute Gasteiger partial charge is 0.329 e. The summed E-state index contributed by atoms with van der Waals surface area (Å²) in [5.41, 5.74) is 1.99. The number of nitrogens with zero attached hydrogens (tertiary/aromatic N) is 2. The van der Waals surface area contributed by atoms with Gasteiger partial charge in [0.1, 0.15) is 5.52 Å². The number of aryl methyl sites for hydroxylation is 2. The van der Waals surface area contributed by atoms with Crippen molar-refractivity contribution >= 4 is 28.7 Å². The lowest BCUT2D eigenvalue weighted by molar-refractivity contribution is -0.137. The zero-order chi connectivity index (χ0) is 18.6. The van der Waals surface area contributed by atoms with Crippen molar-refractivity contribution in [1.82, 2.24) is 14.7 Å². The van der Waals surface area contributed by atoms with Crippen LogP contribution in [0.5, 0.6) is 0 Å². The second-order valence-corrected chi connectivity index (χ2v) is 6.81. The molecular weight excluding hydrogens is 367 g/mol. The van der Waals surface area contributed by atoms with Crippen LogP contribution in [0.1, 0.15) is 29.2 Å². The maximum atomic E-state index is 12.9. The largest absolute Gasteiger partial charge is 0.416 e. The highest BCUT2D eigenvalue weighted by atomic mass is 35.5. The van der Waals surface area contributed by atoms with E-state index in [-0.39, 0.29) is 22.1 Å². The van der Waals surface area contributed by atoms with Gasteiger partial charge in [-0.3, -0.25) is 4.68 Å². The van der Waals surface area contributed by atoms with Gasteiger partial charge in [0, 0.05) is 7.05 Å². The topological polar surface area (TPSA) is 39.0 Å². The Kier molecular flexibility index (Phi) is 3.80.